The molecule has 105 heavy (non-hydrogen) atoms. The van der Waals surface area contributed by atoms with E-state index in [1.165, 1.54) is 34.6 Å². The highest BCUT2D eigenvalue weighted by Gasteiger charge is 2.29. The van der Waals surface area contributed by atoms with Crippen LogP contribution in [0.5, 0.6) is 51.7 Å². The molecule has 15 aromatic rings. The molecular weight excluding hydrogens is 1380 g/mol. The number of phenols is 3. The molecule has 6 aromatic heterocycles. The lowest BCUT2D eigenvalue weighted by Gasteiger charge is -2.14. The molecule has 0 radical (unpaired) electrons. The molecule has 0 aliphatic heterocycles. The van der Waals surface area contributed by atoms with Crippen molar-refractivity contribution in [2.24, 2.45) is 0 Å². The summed E-state index contributed by atoms with van der Waals surface area (Å²) >= 11 is 4.78. The number of benzene rings is 9. The van der Waals surface area contributed by atoms with Crippen molar-refractivity contribution in [3.8, 4) is 83.1 Å². The lowest BCUT2D eigenvalue weighted by molar-refractivity contribution is 0.475. The maximum atomic E-state index is 13.7. The fourth-order valence-electron chi connectivity index (χ4n) is 12.0. The van der Waals surface area contributed by atoms with E-state index in [1.54, 1.807) is 78.1 Å². The quantitative estimate of drug-likeness (QED) is 0.0649. The number of thiophene rings is 3. The summed E-state index contributed by atoms with van der Waals surface area (Å²) in [7, 11) is 0. The summed E-state index contributed by atoms with van der Waals surface area (Å²) in [5, 5.41) is 57.0. The van der Waals surface area contributed by atoms with Crippen LogP contribution in [0.25, 0.3) is 98.0 Å². The number of ether oxygens (including phenoxy) is 3. The van der Waals surface area contributed by atoms with Crippen molar-refractivity contribution in [3.05, 3.63) is 269 Å². The van der Waals surface area contributed by atoms with E-state index >= 15 is 0 Å². The molecule has 1 fully saturated rings. The average Bonchev–Trinajstić information content (AvgIpc) is 1.64. The number of aromatic nitrogens is 6. The van der Waals surface area contributed by atoms with E-state index in [0.29, 0.717) is 58.7 Å². The third kappa shape index (κ3) is 16.7. The number of hydrogen-bond donors (Lipinski definition) is 3. The monoisotopic (exact) mass is 1450 g/mol. The van der Waals surface area contributed by atoms with Gasteiger partial charge < -0.3 is 42.8 Å². The van der Waals surface area contributed by atoms with E-state index in [1.807, 2.05) is 128 Å². The van der Waals surface area contributed by atoms with Crippen LogP contribution in [0.1, 0.15) is 140 Å². The first kappa shape index (κ1) is 70.3. The minimum Gasteiger partial charge on any atom is -0.508 e. The van der Waals surface area contributed by atoms with Crippen molar-refractivity contribution in [1.29, 1.82) is 0 Å². The second kappa shape index (κ2) is 31.4. The van der Waals surface area contributed by atoms with Crippen LogP contribution < -0.4 is 14.2 Å². The van der Waals surface area contributed by atoms with Crippen LogP contribution >= 0.6 is 34.0 Å². The van der Waals surface area contributed by atoms with Crippen LogP contribution in [0.2, 0.25) is 0 Å². The molecule has 0 spiro atoms. The van der Waals surface area contributed by atoms with Gasteiger partial charge in [0.05, 0.1) is 14.6 Å². The number of fused-ring (bicyclic) bond motifs is 3. The van der Waals surface area contributed by atoms with Crippen molar-refractivity contribution in [2.45, 2.75) is 91.9 Å². The molecule has 15 nitrogen and oxygen atoms in total. The number of halogens is 1. The van der Waals surface area contributed by atoms with E-state index in [-0.39, 0.29) is 23.1 Å². The van der Waals surface area contributed by atoms with Gasteiger partial charge in [0, 0.05) is 67.7 Å². The molecule has 526 valence electrons. The zero-order valence-electron chi connectivity index (χ0n) is 58.6. The molecule has 0 amide bonds. The summed E-state index contributed by atoms with van der Waals surface area (Å²) in [6.07, 6.45) is 15.2. The minimum atomic E-state index is -0.277. The largest absolute Gasteiger partial charge is 0.508 e. The van der Waals surface area contributed by atoms with E-state index in [4.69, 9.17) is 27.5 Å². The smallest absolute Gasteiger partial charge is 0.240 e. The summed E-state index contributed by atoms with van der Waals surface area (Å²) in [6, 6.07) is 61.1. The normalized spacial score (nSPS) is 12.3. The molecule has 1 aliphatic rings. The van der Waals surface area contributed by atoms with Crippen molar-refractivity contribution < 1.29 is 47.2 Å². The Kier molecular flexibility index (Phi) is 21.0. The Morgan fingerprint density at radius 1 is 0.448 bits per heavy atom. The summed E-state index contributed by atoms with van der Waals surface area (Å²) in [5.74, 6) is 9.41. The van der Waals surface area contributed by atoms with Crippen LogP contribution in [-0.2, 0) is 6.42 Å². The SMILES string of the molecule is CCCc1nnc(/C=C/c2ccc(Oc3c(-c4ccccc4C(C)C)sc4cc(O)ccc34)cc2)o1.Cc1cc(F)ccc1-c1sc2cc(O)ccc2c1Oc1ccc(/C=C/c2nnc(C3CC3)o2)cc1.Cc1nnc(/C=C/c2ccc(Oc3c(-c4ccccc4C(C)C)sc4cc(O)ccc34)cc2)o1. The molecule has 0 unspecified atom stereocenters. The van der Waals surface area contributed by atoms with Gasteiger partial charge in [-0.2, -0.15) is 0 Å². The highest BCUT2D eigenvalue weighted by Crippen LogP contribution is 2.52. The molecule has 9 aromatic carbocycles. The molecule has 16 rings (SSSR count). The standard InChI is InChI=1S/C30H28N2O3S.C28H21FN2O3S.C28H24N2O3S/c1-4-7-27-31-32-28(35-27)17-12-20-10-14-22(15-11-20)34-29-25-16-13-21(33)18-26(25)36-30(29)24-9-6-5-8-23(24)19(2)3;1-16-14-19(29)7-11-22(16)27-26(23-12-8-20(32)15-24(23)35-27)33-21-9-2-17(3-10-21)4-13-25-30-31-28(34-25)18-5-6-18;1-17(2)22-6-4-5-7-23(22)28-27(24-14-11-20(31)16-25(24)34-28)33-21-12-8-19(9-13-21)10-15-26-30-29-18(3)32-26/h5-6,8-19,33H,4,7H2,1-3H3;2-4,7-15,18,32H,5-6H2,1H3;4-17,31H,1-3H3/b17-12+;13-4+;15-10+. The molecule has 19 heteroatoms. The number of nitrogens with zero attached hydrogens (tertiary/aromatic N) is 6. The molecular formula is C86H73FN6O9S3. The highest BCUT2D eigenvalue weighted by molar-refractivity contribution is 7.23. The molecule has 6 heterocycles. The Morgan fingerprint density at radius 2 is 0.857 bits per heavy atom. The number of hydrogen-bond acceptors (Lipinski definition) is 18. The van der Waals surface area contributed by atoms with Gasteiger partial charge in [0.2, 0.25) is 35.3 Å². The highest BCUT2D eigenvalue weighted by atomic mass is 32.1. The first-order valence-electron chi connectivity index (χ1n) is 34.6. The number of rotatable bonds is 20. The third-order valence-electron chi connectivity index (χ3n) is 17.4. The Morgan fingerprint density at radius 3 is 1.27 bits per heavy atom. The van der Waals surface area contributed by atoms with Crippen LogP contribution in [0, 0.1) is 19.7 Å². The van der Waals surface area contributed by atoms with Crippen molar-refractivity contribution >= 4 is 101 Å². The first-order valence-corrected chi connectivity index (χ1v) is 37.0. The fraction of sp³-hybridized carbons (Fsp3) is 0.163. The predicted molar refractivity (Wildman–Crippen MR) is 420 cm³/mol. The van der Waals surface area contributed by atoms with E-state index in [0.717, 1.165) is 138 Å². The van der Waals surface area contributed by atoms with Crippen LogP contribution in [0.15, 0.2) is 207 Å². The van der Waals surface area contributed by atoms with Gasteiger partial charge in [-0.05, 0) is 209 Å². The molecule has 0 atom stereocenters. The van der Waals surface area contributed by atoms with Gasteiger partial charge in [-0.15, -0.1) is 64.6 Å². The van der Waals surface area contributed by atoms with Gasteiger partial charge in [-0.25, -0.2) is 4.39 Å². The second-order valence-electron chi connectivity index (χ2n) is 26.0. The Labute approximate surface area is 618 Å². The topological polar surface area (TPSA) is 205 Å². The summed E-state index contributed by atoms with van der Waals surface area (Å²) in [5.41, 5.74) is 9.52. The molecule has 0 saturated heterocycles. The second-order valence-corrected chi connectivity index (χ2v) is 29.1. The number of aryl methyl sites for hydroxylation is 3. The van der Waals surface area contributed by atoms with Crippen LogP contribution in [0.4, 0.5) is 4.39 Å². The van der Waals surface area contributed by atoms with Crippen molar-refractivity contribution in [2.75, 3.05) is 0 Å². The Balaban J connectivity index is 0.000000133. The van der Waals surface area contributed by atoms with Gasteiger partial charge in [-0.1, -0.05) is 126 Å². The maximum absolute atomic E-state index is 13.7. The lowest BCUT2D eigenvalue weighted by Crippen LogP contribution is -1.92. The van der Waals surface area contributed by atoms with Gasteiger partial charge in [0.15, 0.2) is 17.2 Å². The predicted octanol–water partition coefficient (Wildman–Crippen LogP) is 24.7. The Hall–Kier alpha value is -11.8. The molecule has 0 bridgehead atoms. The summed E-state index contributed by atoms with van der Waals surface area (Å²) < 4.78 is 52.6. The number of aromatic hydroxyl groups is 3. The van der Waals surface area contributed by atoms with E-state index < -0.39 is 0 Å². The van der Waals surface area contributed by atoms with Crippen molar-refractivity contribution in [1.82, 2.24) is 30.6 Å². The minimum absolute atomic E-state index is 0.189. The van der Waals surface area contributed by atoms with Crippen LogP contribution in [-0.4, -0.2) is 45.9 Å². The number of phenolic OH excluding ortho intramolecular Hbond substituents is 3. The van der Waals surface area contributed by atoms with E-state index in [2.05, 4.69) is 114 Å². The fourth-order valence-corrected chi connectivity index (χ4v) is 15.6. The zero-order valence-corrected chi connectivity index (χ0v) is 61.0. The van der Waals surface area contributed by atoms with Crippen LogP contribution in [0.3, 0.4) is 0 Å². The molecule has 1 saturated carbocycles. The van der Waals surface area contributed by atoms with Gasteiger partial charge in [-0.3, -0.25) is 0 Å². The average molecular weight is 1450 g/mol. The van der Waals surface area contributed by atoms with Gasteiger partial charge >= 0.3 is 0 Å². The zero-order chi connectivity index (χ0) is 72.7. The Bertz CT molecular complexity index is 5660. The summed E-state index contributed by atoms with van der Waals surface area (Å²) in [6.45, 7) is 14.5. The first-order chi connectivity index (χ1) is 51.0. The third-order valence-corrected chi connectivity index (χ3v) is 20.9. The van der Waals surface area contributed by atoms with Gasteiger partial charge in [0.1, 0.15) is 40.3 Å². The van der Waals surface area contributed by atoms with Crippen molar-refractivity contribution in [3.63, 3.8) is 0 Å². The van der Waals surface area contributed by atoms with Gasteiger partial charge in [0.25, 0.3) is 0 Å². The molecule has 1 aliphatic carbocycles. The van der Waals surface area contributed by atoms with E-state index in [9.17, 15) is 19.7 Å². The lowest BCUT2D eigenvalue weighted by atomic mass is 9.96. The summed E-state index contributed by atoms with van der Waals surface area (Å²) in [4.78, 5) is 3.00. The molecule has 3 N–H and O–H groups in total. The maximum Gasteiger partial charge on any atom is 0.240 e.